The van der Waals surface area contributed by atoms with E-state index in [1.807, 2.05) is 0 Å². The van der Waals surface area contributed by atoms with Gasteiger partial charge in [0.2, 0.25) is 5.91 Å². The fraction of sp³-hybridized carbons (Fsp3) is 0.913. The molecule has 0 radical (unpaired) electrons. The van der Waals surface area contributed by atoms with Gasteiger partial charge in [0.25, 0.3) is 0 Å². The number of unbranched alkanes of at least 4 members (excludes halogenated alkanes) is 1. The van der Waals surface area contributed by atoms with Crippen molar-refractivity contribution in [1.82, 2.24) is 15.5 Å². The maximum atomic E-state index is 11.3. The summed E-state index contributed by atoms with van der Waals surface area (Å²) in [6, 6.07) is 0.473. The highest BCUT2D eigenvalue weighted by Crippen LogP contribution is 2.27. The Bertz CT molecular complexity index is 482. The van der Waals surface area contributed by atoms with Gasteiger partial charge >= 0.3 is 0 Å². The molecule has 1 aliphatic heterocycles. The smallest absolute Gasteiger partial charge is 0.220 e. The Kier molecular flexibility index (Phi) is 11.4. The summed E-state index contributed by atoms with van der Waals surface area (Å²) in [6.45, 7) is 9.27. The summed E-state index contributed by atoms with van der Waals surface area (Å²) in [6.07, 6.45) is 13.8. The van der Waals surface area contributed by atoms with Crippen molar-refractivity contribution in [3.05, 3.63) is 0 Å². The van der Waals surface area contributed by atoms with Crippen LogP contribution in [0.15, 0.2) is 4.99 Å². The van der Waals surface area contributed by atoms with E-state index in [-0.39, 0.29) is 11.8 Å². The Morgan fingerprint density at radius 1 is 1.14 bits per heavy atom. The van der Waals surface area contributed by atoms with Gasteiger partial charge in [0.05, 0.1) is 0 Å². The summed E-state index contributed by atoms with van der Waals surface area (Å²) in [4.78, 5) is 18.5. The molecule has 1 heterocycles. The Morgan fingerprint density at radius 3 is 2.52 bits per heavy atom. The van der Waals surface area contributed by atoms with Crippen LogP contribution in [0.2, 0.25) is 0 Å². The number of amides is 1. The van der Waals surface area contributed by atoms with E-state index < -0.39 is 0 Å². The monoisotopic (exact) mass is 407 g/mol. The molecule has 6 nitrogen and oxygen atoms in total. The molecule has 0 spiro atoms. The minimum atomic E-state index is -0.129. The minimum absolute atomic E-state index is 0.0877. The van der Waals surface area contributed by atoms with E-state index in [2.05, 4.69) is 29.4 Å². The first-order chi connectivity index (χ1) is 14.1. The summed E-state index contributed by atoms with van der Waals surface area (Å²) < 4.78 is 0. The topological polar surface area (TPSA) is 82.8 Å². The van der Waals surface area contributed by atoms with E-state index in [9.17, 15) is 4.79 Å². The number of rotatable bonds is 11. The molecule has 2 rings (SSSR count). The van der Waals surface area contributed by atoms with E-state index >= 15 is 0 Å². The van der Waals surface area contributed by atoms with Gasteiger partial charge in [0.15, 0.2) is 5.96 Å². The highest BCUT2D eigenvalue weighted by Gasteiger charge is 2.22. The second kappa shape index (κ2) is 13.8. The van der Waals surface area contributed by atoms with Crippen LogP contribution < -0.4 is 16.4 Å². The molecule has 1 unspecified atom stereocenters. The van der Waals surface area contributed by atoms with E-state index in [1.165, 1.54) is 44.9 Å². The van der Waals surface area contributed by atoms with Crippen LogP contribution in [0.5, 0.6) is 0 Å². The lowest BCUT2D eigenvalue weighted by Gasteiger charge is -2.30. The highest BCUT2D eigenvalue weighted by atomic mass is 16.1. The second-order valence-electron chi connectivity index (χ2n) is 9.11. The third-order valence-electron chi connectivity index (χ3n) is 6.60. The van der Waals surface area contributed by atoms with Crippen LogP contribution >= 0.6 is 0 Å². The number of guanidine groups is 1. The predicted octanol–water partition coefficient (Wildman–Crippen LogP) is 3.27. The van der Waals surface area contributed by atoms with Gasteiger partial charge in [0, 0.05) is 25.0 Å². The van der Waals surface area contributed by atoms with Gasteiger partial charge in [-0.1, -0.05) is 32.1 Å². The summed E-state index contributed by atoms with van der Waals surface area (Å²) in [5.74, 6) is 1.87. The van der Waals surface area contributed by atoms with Gasteiger partial charge in [-0.3, -0.25) is 9.79 Å². The van der Waals surface area contributed by atoms with E-state index in [4.69, 9.17) is 10.7 Å². The molecule has 29 heavy (non-hydrogen) atoms. The predicted molar refractivity (Wildman–Crippen MR) is 122 cm³/mol. The lowest BCUT2D eigenvalue weighted by atomic mass is 9.85. The third kappa shape index (κ3) is 9.83. The number of piperidine rings is 1. The van der Waals surface area contributed by atoms with Crippen molar-refractivity contribution < 1.29 is 4.79 Å². The molecule has 0 bridgehead atoms. The molecule has 168 valence electrons. The molecule has 6 heteroatoms. The van der Waals surface area contributed by atoms with Crippen molar-refractivity contribution in [3.63, 3.8) is 0 Å². The molecule has 2 aliphatic rings. The molecule has 0 aromatic heterocycles. The van der Waals surface area contributed by atoms with Crippen molar-refractivity contribution in [2.24, 2.45) is 22.6 Å². The number of primary amides is 1. The van der Waals surface area contributed by atoms with Crippen LogP contribution in [-0.2, 0) is 4.79 Å². The second-order valence-corrected chi connectivity index (χ2v) is 9.11. The standard InChI is InChI=1S/C23H45N5O/c1-3-25-23(27-19(2)11-12-20-9-5-4-6-10-20)26-15-7-8-16-28-17-13-21(14-18-28)22(24)29/h19-21H,3-18H2,1-2H3,(H2,24,29)(H2,25,26,27). The number of carbonyl (C=O) groups excluding carboxylic acids is 1. The van der Waals surface area contributed by atoms with Gasteiger partial charge < -0.3 is 21.3 Å². The van der Waals surface area contributed by atoms with Crippen molar-refractivity contribution in [2.75, 3.05) is 32.7 Å². The van der Waals surface area contributed by atoms with Gasteiger partial charge in [-0.25, -0.2) is 0 Å². The molecular formula is C23H45N5O. The van der Waals surface area contributed by atoms with Crippen LogP contribution in [0.3, 0.4) is 0 Å². The summed E-state index contributed by atoms with van der Waals surface area (Å²) in [7, 11) is 0. The maximum absolute atomic E-state index is 11.3. The number of aliphatic imine (C=N–C) groups is 1. The molecule has 1 aliphatic carbocycles. The number of nitrogens with two attached hydrogens (primary N) is 1. The van der Waals surface area contributed by atoms with Gasteiger partial charge in [0.1, 0.15) is 0 Å². The lowest BCUT2D eigenvalue weighted by molar-refractivity contribution is -0.123. The van der Waals surface area contributed by atoms with Crippen molar-refractivity contribution >= 4 is 11.9 Å². The van der Waals surface area contributed by atoms with Gasteiger partial charge in [-0.15, -0.1) is 0 Å². The molecule has 0 aromatic rings. The summed E-state index contributed by atoms with van der Waals surface area (Å²) in [5, 5.41) is 6.99. The first kappa shape index (κ1) is 24.0. The van der Waals surface area contributed by atoms with Crippen molar-refractivity contribution in [1.29, 1.82) is 0 Å². The van der Waals surface area contributed by atoms with Crippen LogP contribution in [0.4, 0.5) is 0 Å². The number of nitrogens with one attached hydrogen (secondary N) is 2. The average Bonchev–Trinajstić information content (AvgIpc) is 2.73. The number of likely N-dealkylation sites (tertiary alicyclic amines) is 1. The van der Waals surface area contributed by atoms with Crippen LogP contribution in [-0.4, -0.2) is 55.5 Å². The average molecular weight is 408 g/mol. The third-order valence-corrected chi connectivity index (χ3v) is 6.60. The van der Waals surface area contributed by atoms with Gasteiger partial charge in [-0.05, 0) is 77.9 Å². The van der Waals surface area contributed by atoms with Crippen molar-refractivity contribution in [3.8, 4) is 0 Å². The zero-order valence-corrected chi connectivity index (χ0v) is 18.9. The maximum Gasteiger partial charge on any atom is 0.220 e. The highest BCUT2D eigenvalue weighted by molar-refractivity contribution is 5.80. The Labute approximate surface area is 178 Å². The number of hydrogen-bond donors (Lipinski definition) is 3. The number of hydrogen-bond acceptors (Lipinski definition) is 3. The molecule has 1 amide bonds. The molecule has 4 N–H and O–H groups in total. The molecule has 0 aromatic carbocycles. The van der Waals surface area contributed by atoms with Crippen LogP contribution in [0.1, 0.15) is 84.5 Å². The Morgan fingerprint density at radius 2 is 1.86 bits per heavy atom. The molecule has 1 atom stereocenters. The fourth-order valence-electron chi connectivity index (χ4n) is 4.67. The molecule has 1 saturated carbocycles. The molecule has 2 fully saturated rings. The van der Waals surface area contributed by atoms with E-state index in [0.717, 1.165) is 70.3 Å². The SMILES string of the molecule is CCNC(=NCCCCN1CCC(C(N)=O)CC1)NC(C)CCC1CCCCC1. The largest absolute Gasteiger partial charge is 0.369 e. The first-order valence-electron chi connectivity index (χ1n) is 12.1. The first-order valence-corrected chi connectivity index (χ1v) is 12.1. The number of nitrogens with zero attached hydrogens (tertiary/aromatic N) is 2. The lowest BCUT2D eigenvalue weighted by Crippen LogP contribution is -2.42. The van der Waals surface area contributed by atoms with Gasteiger partial charge in [-0.2, -0.15) is 0 Å². The number of carbonyl (C=O) groups is 1. The van der Waals surface area contributed by atoms with Crippen LogP contribution in [0.25, 0.3) is 0 Å². The zero-order valence-electron chi connectivity index (χ0n) is 18.9. The van der Waals surface area contributed by atoms with Crippen LogP contribution in [0, 0.1) is 11.8 Å². The molecular weight excluding hydrogens is 362 g/mol. The van der Waals surface area contributed by atoms with Crippen molar-refractivity contribution in [2.45, 2.75) is 90.5 Å². The summed E-state index contributed by atoms with van der Waals surface area (Å²) >= 11 is 0. The Balaban J connectivity index is 1.59. The minimum Gasteiger partial charge on any atom is -0.369 e. The normalized spacial score (nSPS) is 21.1. The quantitative estimate of drug-likeness (QED) is 0.279. The zero-order chi connectivity index (χ0) is 20.9. The summed E-state index contributed by atoms with van der Waals surface area (Å²) in [5.41, 5.74) is 5.41. The van der Waals surface area contributed by atoms with E-state index in [0.29, 0.717) is 6.04 Å². The Hall–Kier alpha value is -1.30. The molecule has 1 saturated heterocycles. The fourth-order valence-corrected chi connectivity index (χ4v) is 4.67. The van der Waals surface area contributed by atoms with E-state index in [1.54, 1.807) is 0 Å².